The molecule has 0 amide bonds. The fourth-order valence-corrected chi connectivity index (χ4v) is 1.62. The normalized spacial score (nSPS) is 14.2. The Labute approximate surface area is 105 Å². The zero-order valence-corrected chi connectivity index (χ0v) is 11.0. The average Bonchev–Trinajstić information content (AvgIpc) is 2.64. The Morgan fingerprint density at radius 1 is 1.28 bits per heavy atom. The quantitative estimate of drug-likeness (QED) is 0.855. The van der Waals surface area contributed by atoms with Crippen LogP contribution in [-0.2, 0) is 12.7 Å². The van der Waals surface area contributed by atoms with Crippen LogP contribution in [0, 0.1) is 11.8 Å². The molecule has 0 aromatic carbocycles. The average molecular weight is 263 g/mol. The number of rotatable bonds is 6. The van der Waals surface area contributed by atoms with Crippen LogP contribution in [0.4, 0.5) is 13.2 Å². The molecule has 0 spiro atoms. The van der Waals surface area contributed by atoms with Crippen molar-refractivity contribution in [1.29, 1.82) is 0 Å². The molecule has 0 saturated heterocycles. The first kappa shape index (κ1) is 15.0. The lowest BCUT2D eigenvalue weighted by molar-refractivity contribution is -0.141. The van der Waals surface area contributed by atoms with E-state index in [-0.39, 0.29) is 5.92 Å². The standard InChI is InChI=1S/C12H20F3N3/c1-9(2)6-16-7-10(3)8-18-5-4-11(17-18)12(13,14)15/h4-5,9-10,16H,6-8H2,1-3H3. The van der Waals surface area contributed by atoms with E-state index in [0.717, 1.165) is 19.2 Å². The first-order chi connectivity index (χ1) is 8.29. The van der Waals surface area contributed by atoms with Gasteiger partial charge in [-0.1, -0.05) is 20.8 Å². The minimum absolute atomic E-state index is 0.240. The Hall–Kier alpha value is -1.04. The van der Waals surface area contributed by atoms with Crippen molar-refractivity contribution in [2.75, 3.05) is 13.1 Å². The van der Waals surface area contributed by atoms with Gasteiger partial charge in [0.05, 0.1) is 0 Å². The van der Waals surface area contributed by atoms with Gasteiger partial charge in [-0.2, -0.15) is 18.3 Å². The first-order valence-corrected chi connectivity index (χ1v) is 6.10. The van der Waals surface area contributed by atoms with E-state index in [2.05, 4.69) is 24.3 Å². The Bertz CT molecular complexity index is 358. The highest BCUT2D eigenvalue weighted by molar-refractivity contribution is 5.03. The van der Waals surface area contributed by atoms with Crippen molar-refractivity contribution in [3.8, 4) is 0 Å². The van der Waals surface area contributed by atoms with Gasteiger partial charge in [0.2, 0.25) is 0 Å². The molecule has 18 heavy (non-hydrogen) atoms. The van der Waals surface area contributed by atoms with Gasteiger partial charge in [-0.25, -0.2) is 0 Å². The second-order valence-corrected chi connectivity index (χ2v) is 5.08. The third kappa shape index (κ3) is 5.08. The summed E-state index contributed by atoms with van der Waals surface area (Å²) in [6, 6.07) is 1.01. The Kier molecular flexibility index (Phi) is 5.19. The van der Waals surface area contributed by atoms with Crippen molar-refractivity contribution in [1.82, 2.24) is 15.1 Å². The van der Waals surface area contributed by atoms with Crippen LogP contribution in [0.15, 0.2) is 12.3 Å². The lowest BCUT2D eigenvalue weighted by Gasteiger charge is -2.14. The van der Waals surface area contributed by atoms with Gasteiger partial charge < -0.3 is 5.32 Å². The molecule has 104 valence electrons. The number of nitrogens with zero attached hydrogens (tertiary/aromatic N) is 2. The van der Waals surface area contributed by atoms with Gasteiger partial charge in [0.1, 0.15) is 0 Å². The van der Waals surface area contributed by atoms with Crippen LogP contribution in [0.3, 0.4) is 0 Å². The van der Waals surface area contributed by atoms with Gasteiger partial charge in [-0.15, -0.1) is 0 Å². The first-order valence-electron chi connectivity index (χ1n) is 6.10. The zero-order valence-electron chi connectivity index (χ0n) is 11.0. The number of alkyl halides is 3. The number of nitrogens with one attached hydrogen (secondary N) is 1. The third-order valence-corrected chi connectivity index (χ3v) is 2.48. The van der Waals surface area contributed by atoms with Gasteiger partial charge in [0.25, 0.3) is 0 Å². The van der Waals surface area contributed by atoms with Gasteiger partial charge in [0, 0.05) is 12.7 Å². The highest BCUT2D eigenvalue weighted by atomic mass is 19.4. The molecule has 0 aliphatic rings. The molecule has 0 fully saturated rings. The summed E-state index contributed by atoms with van der Waals surface area (Å²) in [7, 11) is 0. The van der Waals surface area contributed by atoms with Gasteiger partial charge in [0.15, 0.2) is 5.69 Å². The summed E-state index contributed by atoms with van der Waals surface area (Å²) in [5.74, 6) is 0.809. The predicted molar refractivity (Wildman–Crippen MR) is 64.1 cm³/mol. The summed E-state index contributed by atoms with van der Waals surface area (Å²) in [4.78, 5) is 0. The maximum Gasteiger partial charge on any atom is 0.435 e. The lowest BCUT2D eigenvalue weighted by atomic mass is 10.1. The second kappa shape index (κ2) is 6.22. The fraction of sp³-hybridized carbons (Fsp3) is 0.750. The second-order valence-electron chi connectivity index (χ2n) is 5.08. The third-order valence-electron chi connectivity index (χ3n) is 2.48. The molecule has 0 aliphatic carbocycles. The van der Waals surface area contributed by atoms with E-state index in [0.29, 0.717) is 12.5 Å². The van der Waals surface area contributed by atoms with Gasteiger partial charge in [-0.05, 0) is 31.0 Å². The summed E-state index contributed by atoms with van der Waals surface area (Å²) in [6.07, 6.45) is -2.98. The van der Waals surface area contributed by atoms with E-state index in [4.69, 9.17) is 0 Å². The van der Waals surface area contributed by atoms with E-state index >= 15 is 0 Å². The molecule has 1 N–H and O–H groups in total. The van der Waals surface area contributed by atoms with E-state index in [1.807, 2.05) is 6.92 Å². The van der Waals surface area contributed by atoms with Crippen molar-refractivity contribution in [2.45, 2.75) is 33.5 Å². The summed E-state index contributed by atoms with van der Waals surface area (Å²) in [6.45, 7) is 8.39. The Morgan fingerprint density at radius 2 is 1.94 bits per heavy atom. The number of hydrogen-bond acceptors (Lipinski definition) is 2. The molecule has 1 aromatic rings. The fourth-order valence-electron chi connectivity index (χ4n) is 1.62. The molecule has 1 heterocycles. The molecule has 1 atom stereocenters. The molecule has 1 rings (SSSR count). The van der Waals surface area contributed by atoms with Crippen molar-refractivity contribution in [3.05, 3.63) is 18.0 Å². The van der Waals surface area contributed by atoms with E-state index in [1.165, 1.54) is 10.9 Å². The lowest BCUT2D eigenvalue weighted by Crippen LogP contribution is -2.27. The SMILES string of the molecule is CC(C)CNCC(C)Cn1ccc(C(F)(F)F)n1. The van der Waals surface area contributed by atoms with Crippen LogP contribution < -0.4 is 5.32 Å². The van der Waals surface area contributed by atoms with Crippen LogP contribution in [0.5, 0.6) is 0 Å². The molecular weight excluding hydrogens is 243 g/mol. The Balaban J connectivity index is 2.40. The van der Waals surface area contributed by atoms with Crippen LogP contribution in [-0.4, -0.2) is 22.9 Å². The smallest absolute Gasteiger partial charge is 0.316 e. The minimum Gasteiger partial charge on any atom is -0.316 e. The van der Waals surface area contributed by atoms with Crippen LogP contribution in [0.25, 0.3) is 0 Å². The number of hydrogen-bond donors (Lipinski definition) is 1. The van der Waals surface area contributed by atoms with E-state index in [9.17, 15) is 13.2 Å². The topological polar surface area (TPSA) is 29.9 Å². The van der Waals surface area contributed by atoms with Crippen molar-refractivity contribution < 1.29 is 13.2 Å². The van der Waals surface area contributed by atoms with E-state index < -0.39 is 11.9 Å². The molecule has 1 aromatic heterocycles. The summed E-state index contributed by atoms with van der Waals surface area (Å²) >= 11 is 0. The predicted octanol–water partition coefficient (Wildman–Crippen LogP) is 2.78. The molecule has 0 aliphatic heterocycles. The molecule has 0 bridgehead atoms. The maximum atomic E-state index is 12.3. The molecule has 1 unspecified atom stereocenters. The maximum absolute atomic E-state index is 12.3. The van der Waals surface area contributed by atoms with Crippen LogP contribution >= 0.6 is 0 Å². The largest absolute Gasteiger partial charge is 0.435 e. The van der Waals surface area contributed by atoms with Crippen molar-refractivity contribution >= 4 is 0 Å². The van der Waals surface area contributed by atoms with Crippen LogP contribution in [0.1, 0.15) is 26.5 Å². The number of aromatic nitrogens is 2. The molecule has 3 nitrogen and oxygen atoms in total. The number of halogens is 3. The molecule has 0 radical (unpaired) electrons. The van der Waals surface area contributed by atoms with Crippen molar-refractivity contribution in [2.24, 2.45) is 11.8 Å². The summed E-state index contributed by atoms with van der Waals surface area (Å²) in [5.41, 5.74) is -0.829. The molecule has 0 saturated carbocycles. The van der Waals surface area contributed by atoms with Gasteiger partial charge >= 0.3 is 6.18 Å². The van der Waals surface area contributed by atoms with Crippen LogP contribution in [0.2, 0.25) is 0 Å². The molecular formula is C12H20F3N3. The Morgan fingerprint density at radius 3 is 2.44 bits per heavy atom. The van der Waals surface area contributed by atoms with Crippen molar-refractivity contribution in [3.63, 3.8) is 0 Å². The monoisotopic (exact) mass is 263 g/mol. The summed E-state index contributed by atoms with van der Waals surface area (Å²) < 4.78 is 38.4. The minimum atomic E-state index is -4.36. The van der Waals surface area contributed by atoms with Gasteiger partial charge in [-0.3, -0.25) is 4.68 Å². The van der Waals surface area contributed by atoms with E-state index in [1.54, 1.807) is 0 Å². The highest BCUT2D eigenvalue weighted by Gasteiger charge is 2.33. The molecule has 6 heteroatoms. The summed E-state index contributed by atoms with van der Waals surface area (Å²) in [5, 5.41) is 6.81. The highest BCUT2D eigenvalue weighted by Crippen LogP contribution is 2.27. The zero-order chi connectivity index (χ0) is 13.8.